The molecule has 13 nitrogen and oxygen atoms in total. The van der Waals surface area contributed by atoms with E-state index in [0.717, 1.165) is 10.9 Å². The maximum atomic E-state index is 12.5. The van der Waals surface area contributed by atoms with Crippen LogP contribution < -0.4 is 27.4 Å². The Kier molecular flexibility index (Phi) is 9.10. The number of aliphatic carboxylic acids is 1. The van der Waals surface area contributed by atoms with Crippen molar-refractivity contribution in [1.29, 1.82) is 0 Å². The minimum atomic E-state index is -1.46. The summed E-state index contributed by atoms with van der Waals surface area (Å²) in [5.41, 5.74) is 12.0. The smallest absolute Gasteiger partial charge is 0.326 e. The van der Waals surface area contributed by atoms with Gasteiger partial charge < -0.3 is 42.6 Å². The van der Waals surface area contributed by atoms with Crippen molar-refractivity contribution >= 4 is 40.5 Å². The predicted molar refractivity (Wildman–Crippen MR) is 120 cm³/mol. The lowest BCUT2D eigenvalue weighted by atomic mass is 10.0. The molecule has 2 aromatic rings. The molecular formula is C21H28N6O7. The van der Waals surface area contributed by atoms with Crippen LogP contribution in [0.4, 0.5) is 0 Å². The first-order chi connectivity index (χ1) is 16.0. The Morgan fingerprint density at radius 3 is 2.26 bits per heavy atom. The van der Waals surface area contributed by atoms with E-state index in [4.69, 9.17) is 11.5 Å². The highest BCUT2D eigenvalue weighted by Gasteiger charge is 2.28. The molecule has 0 bridgehead atoms. The summed E-state index contributed by atoms with van der Waals surface area (Å²) in [6.07, 6.45) is 1.20. The van der Waals surface area contributed by atoms with Gasteiger partial charge in [0.2, 0.25) is 23.6 Å². The van der Waals surface area contributed by atoms with Gasteiger partial charge in [-0.1, -0.05) is 18.2 Å². The molecule has 4 amide bonds. The molecule has 1 aromatic heterocycles. The van der Waals surface area contributed by atoms with Crippen LogP contribution in [0, 0.1) is 0 Å². The van der Waals surface area contributed by atoms with Gasteiger partial charge in [-0.05, 0) is 18.6 Å². The molecule has 0 radical (unpaired) electrons. The van der Waals surface area contributed by atoms with Crippen molar-refractivity contribution in [3.8, 4) is 0 Å². The maximum absolute atomic E-state index is 12.5. The third-order valence-electron chi connectivity index (χ3n) is 5.04. The standard InChI is InChI=1S/C21H28N6O7/c1-10(25-20(32)16(9-28)27-19(31)13(22)7-17(23)29)18(30)26-15(21(33)34)6-11-8-24-14-5-3-2-4-12(11)14/h2-5,8,10,13,15-16,24,28H,6-7,9,22H2,1H3,(H2,23,29)(H,25,32)(H,26,30)(H,27,31)(H,33,34). The van der Waals surface area contributed by atoms with Crippen molar-refractivity contribution in [2.75, 3.05) is 6.61 Å². The number of aromatic nitrogens is 1. The Labute approximate surface area is 194 Å². The number of nitrogens with one attached hydrogen (secondary N) is 4. The summed E-state index contributed by atoms with van der Waals surface area (Å²) in [6, 6.07) is 2.06. The van der Waals surface area contributed by atoms with E-state index in [1.54, 1.807) is 6.20 Å². The van der Waals surface area contributed by atoms with Crippen LogP contribution in [0.3, 0.4) is 0 Å². The maximum Gasteiger partial charge on any atom is 0.326 e. The minimum Gasteiger partial charge on any atom is -0.480 e. The number of carbonyl (C=O) groups excluding carboxylic acids is 4. The van der Waals surface area contributed by atoms with E-state index in [2.05, 4.69) is 20.9 Å². The number of aliphatic hydroxyl groups is 1. The van der Waals surface area contributed by atoms with E-state index in [9.17, 15) is 34.2 Å². The van der Waals surface area contributed by atoms with Crippen LogP contribution in [0.1, 0.15) is 18.9 Å². The molecule has 13 heteroatoms. The van der Waals surface area contributed by atoms with E-state index in [1.165, 1.54) is 6.92 Å². The number of H-pyrrole nitrogens is 1. The van der Waals surface area contributed by atoms with Crippen LogP contribution in [0.5, 0.6) is 0 Å². The molecule has 2 rings (SSSR count). The van der Waals surface area contributed by atoms with E-state index < -0.39 is 66.8 Å². The van der Waals surface area contributed by atoms with Crippen LogP contribution in [0.15, 0.2) is 30.5 Å². The monoisotopic (exact) mass is 476 g/mol. The number of benzene rings is 1. The first-order valence-electron chi connectivity index (χ1n) is 10.4. The molecule has 1 heterocycles. The molecular weight excluding hydrogens is 448 g/mol. The second-order valence-electron chi connectivity index (χ2n) is 7.71. The lowest BCUT2D eigenvalue weighted by Crippen LogP contribution is -2.57. The van der Waals surface area contributed by atoms with Crippen LogP contribution in [0.2, 0.25) is 0 Å². The fourth-order valence-electron chi connectivity index (χ4n) is 3.18. The summed E-state index contributed by atoms with van der Waals surface area (Å²) in [5, 5.41) is 26.6. The highest BCUT2D eigenvalue weighted by Crippen LogP contribution is 2.19. The average Bonchev–Trinajstić information content (AvgIpc) is 3.18. The topological polar surface area (TPSA) is 230 Å². The molecule has 184 valence electrons. The van der Waals surface area contributed by atoms with Gasteiger partial charge in [-0.3, -0.25) is 19.2 Å². The van der Waals surface area contributed by atoms with Gasteiger partial charge in [0, 0.05) is 23.5 Å². The Morgan fingerprint density at radius 1 is 1.00 bits per heavy atom. The second kappa shape index (κ2) is 11.8. The SMILES string of the molecule is CC(NC(=O)C(CO)NC(=O)C(N)CC(N)=O)C(=O)NC(Cc1c[nH]c2ccccc12)C(=O)O. The summed E-state index contributed by atoms with van der Waals surface area (Å²) >= 11 is 0. The van der Waals surface area contributed by atoms with E-state index in [1.807, 2.05) is 24.3 Å². The summed E-state index contributed by atoms with van der Waals surface area (Å²) in [7, 11) is 0. The normalized spacial score (nSPS) is 14.4. The van der Waals surface area contributed by atoms with Crippen molar-refractivity contribution in [2.45, 2.75) is 43.9 Å². The zero-order valence-electron chi connectivity index (χ0n) is 18.4. The zero-order chi connectivity index (χ0) is 25.4. The summed E-state index contributed by atoms with van der Waals surface area (Å²) in [6.45, 7) is 0.500. The van der Waals surface area contributed by atoms with E-state index >= 15 is 0 Å². The number of fused-ring (bicyclic) bond motifs is 1. The van der Waals surface area contributed by atoms with Crippen LogP contribution in [-0.4, -0.2) is 75.6 Å². The summed E-state index contributed by atoms with van der Waals surface area (Å²) in [4.78, 5) is 62.5. The number of amides is 4. The number of hydrogen-bond acceptors (Lipinski definition) is 7. The molecule has 34 heavy (non-hydrogen) atoms. The molecule has 10 N–H and O–H groups in total. The molecule has 0 saturated carbocycles. The lowest BCUT2D eigenvalue weighted by molar-refractivity contribution is -0.142. The molecule has 4 atom stereocenters. The summed E-state index contributed by atoms with van der Waals surface area (Å²) < 4.78 is 0. The molecule has 0 saturated heterocycles. The highest BCUT2D eigenvalue weighted by atomic mass is 16.4. The highest BCUT2D eigenvalue weighted by molar-refractivity contribution is 5.95. The van der Waals surface area contributed by atoms with Crippen LogP contribution >= 0.6 is 0 Å². The molecule has 0 aliphatic rings. The van der Waals surface area contributed by atoms with Crippen LogP contribution in [0.25, 0.3) is 10.9 Å². The van der Waals surface area contributed by atoms with Crippen molar-refractivity contribution in [2.24, 2.45) is 11.5 Å². The molecule has 4 unspecified atom stereocenters. The van der Waals surface area contributed by atoms with Gasteiger partial charge in [-0.15, -0.1) is 0 Å². The van der Waals surface area contributed by atoms with Crippen molar-refractivity contribution in [3.05, 3.63) is 36.0 Å². The minimum absolute atomic E-state index is 0.00116. The number of aliphatic hydroxyl groups excluding tert-OH is 1. The first kappa shape index (κ1) is 26.3. The Bertz CT molecular complexity index is 1070. The Morgan fingerprint density at radius 2 is 1.65 bits per heavy atom. The lowest BCUT2D eigenvalue weighted by Gasteiger charge is -2.22. The molecule has 1 aromatic carbocycles. The van der Waals surface area contributed by atoms with Crippen molar-refractivity contribution < 1.29 is 34.2 Å². The molecule has 0 fully saturated rings. The number of carboxylic acids is 1. The molecule has 0 aliphatic carbocycles. The average molecular weight is 476 g/mol. The molecule has 0 aliphatic heterocycles. The third kappa shape index (κ3) is 7.02. The second-order valence-corrected chi connectivity index (χ2v) is 7.71. The fourth-order valence-corrected chi connectivity index (χ4v) is 3.18. The van der Waals surface area contributed by atoms with Gasteiger partial charge in [0.15, 0.2) is 0 Å². The van der Waals surface area contributed by atoms with Gasteiger partial charge in [0.05, 0.1) is 19.1 Å². The fraction of sp³-hybridized carbons (Fsp3) is 0.381. The van der Waals surface area contributed by atoms with Gasteiger partial charge in [0.25, 0.3) is 0 Å². The zero-order valence-corrected chi connectivity index (χ0v) is 18.4. The number of aromatic amines is 1. The Hall–Kier alpha value is -3.97. The summed E-state index contributed by atoms with van der Waals surface area (Å²) in [5.74, 6) is -4.67. The quantitative estimate of drug-likeness (QED) is 0.162. The molecule has 0 spiro atoms. The van der Waals surface area contributed by atoms with Crippen molar-refractivity contribution in [3.63, 3.8) is 0 Å². The van der Waals surface area contributed by atoms with E-state index in [-0.39, 0.29) is 6.42 Å². The number of hydrogen-bond donors (Lipinski definition) is 8. The number of carbonyl (C=O) groups is 5. The van der Waals surface area contributed by atoms with Gasteiger partial charge in [-0.2, -0.15) is 0 Å². The van der Waals surface area contributed by atoms with Crippen molar-refractivity contribution in [1.82, 2.24) is 20.9 Å². The number of para-hydroxylation sites is 1. The number of nitrogens with two attached hydrogens (primary N) is 2. The number of primary amides is 1. The van der Waals surface area contributed by atoms with Gasteiger partial charge in [-0.25, -0.2) is 4.79 Å². The predicted octanol–water partition coefficient (Wildman–Crippen LogP) is -2.54. The largest absolute Gasteiger partial charge is 0.480 e. The van der Waals surface area contributed by atoms with E-state index in [0.29, 0.717) is 5.56 Å². The van der Waals surface area contributed by atoms with Gasteiger partial charge in [0.1, 0.15) is 18.1 Å². The Balaban J connectivity index is 1.98. The number of carboxylic acid groups (broad SMARTS) is 1. The number of rotatable bonds is 12. The third-order valence-corrected chi connectivity index (χ3v) is 5.04. The van der Waals surface area contributed by atoms with Gasteiger partial charge >= 0.3 is 5.97 Å². The first-order valence-corrected chi connectivity index (χ1v) is 10.4. The van der Waals surface area contributed by atoms with Crippen LogP contribution in [-0.2, 0) is 30.4 Å².